The summed E-state index contributed by atoms with van der Waals surface area (Å²) >= 11 is 1.23. The Kier molecular flexibility index (Phi) is 4.87. The van der Waals surface area contributed by atoms with Crippen LogP contribution in [0.15, 0.2) is 34.5 Å². The largest absolute Gasteiger partial charge is 0.494 e. The summed E-state index contributed by atoms with van der Waals surface area (Å²) in [5, 5.41) is 11.0. The average molecular weight is 327 g/mol. The maximum absolute atomic E-state index is 12.4. The first-order chi connectivity index (χ1) is 9.97. The Balaban J connectivity index is 2.26. The van der Waals surface area contributed by atoms with Gasteiger partial charge in [0.05, 0.1) is 18.1 Å². The monoisotopic (exact) mass is 327 g/mol. The molecule has 2 rings (SSSR count). The highest BCUT2D eigenvalue weighted by molar-refractivity contribution is 7.93. The van der Waals surface area contributed by atoms with Crippen molar-refractivity contribution in [2.24, 2.45) is 0 Å². The lowest BCUT2D eigenvalue weighted by Gasteiger charge is -2.10. The van der Waals surface area contributed by atoms with Crippen LogP contribution >= 0.6 is 11.3 Å². The molecule has 0 aliphatic heterocycles. The van der Waals surface area contributed by atoms with E-state index in [1.165, 1.54) is 11.3 Å². The molecule has 0 spiro atoms. The van der Waals surface area contributed by atoms with E-state index in [2.05, 4.69) is 4.72 Å². The van der Waals surface area contributed by atoms with E-state index in [1.54, 1.807) is 36.6 Å². The van der Waals surface area contributed by atoms with E-state index in [0.29, 0.717) is 28.5 Å². The summed E-state index contributed by atoms with van der Waals surface area (Å²) in [4.78, 5) is 0.592. The maximum Gasteiger partial charge on any atom is 0.263 e. The third kappa shape index (κ3) is 3.55. The minimum absolute atomic E-state index is 0.156. The SMILES string of the molecule is CCOc1ccc(NS(=O)(=O)c2c(C)csc2CO)cc1. The van der Waals surface area contributed by atoms with Gasteiger partial charge in [-0.3, -0.25) is 4.72 Å². The van der Waals surface area contributed by atoms with Crippen LogP contribution in [0, 0.1) is 6.92 Å². The number of anilines is 1. The van der Waals surface area contributed by atoms with Gasteiger partial charge in [-0.25, -0.2) is 8.42 Å². The standard InChI is InChI=1S/C14H17NO4S2/c1-3-19-12-6-4-11(5-7-12)15-21(17,18)14-10(2)9-20-13(14)8-16/h4-7,9,15-16H,3,8H2,1-2H3. The molecule has 2 aromatic rings. The maximum atomic E-state index is 12.4. The first-order valence-corrected chi connectivity index (χ1v) is 8.77. The molecule has 0 aliphatic rings. The number of aliphatic hydroxyl groups is 1. The first-order valence-electron chi connectivity index (χ1n) is 6.41. The third-order valence-corrected chi connectivity index (χ3v) is 5.65. The lowest BCUT2D eigenvalue weighted by Crippen LogP contribution is -2.14. The van der Waals surface area contributed by atoms with Gasteiger partial charge in [0, 0.05) is 5.69 Å². The van der Waals surface area contributed by atoms with Gasteiger partial charge in [-0.05, 0) is 49.1 Å². The fourth-order valence-corrected chi connectivity index (χ4v) is 4.67. The molecule has 0 radical (unpaired) electrons. The van der Waals surface area contributed by atoms with Gasteiger partial charge < -0.3 is 9.84 Å². The molecule has 1 heterocycles. The molecule has 0 unspecified atom stereocenters. The summed E-state index contributed by atoms with van der Waals surface area (Å²) in [7, 11) is -3.71. The molecule has 2 N–H and O–H groups in total. The van der Waals surface area contributed by atoms with E-state index < -0.39 is 10.0 Å². The fourth-order valence-electron chi connectivity index (χ4n) is 1.95. The molecule has 0 saturated heterocycles. The molecule has 0 amide bonds. The van der Waals surface area contributed by atoms with Gasteiger partial charge in [0.25, 0.3) is 10.0 Å². The normalized spacial score (nSPS) is 11.4. The summed E-state index contributed by atoms with van der Waals surface area (Å²) < 4.78 is 32.7. The third-order valence-electron chi connectivity index (χ3n) is 2.82. The number of sulfonamides is 1. The Labute approximate surface area is 128 Å². The van der Waals surface area contributed by atoms with Gasteiger partial charge in [-0.15, -0.1) is 11.3 Å². The molecule has 1 aromatic carbocycles. The van der Waals surface area contributed by atoms with Crippen LogP contribution in [0.1, 0.15) is 17.4 Å². The Hall–Kier alpha value is -1.57. The van der Waals surface area contributed by atoms with E-state index >= 15 is 0 Å². The second-order valence-corrected chi connectivity index (χ2v) is 6.98. The van der Waals surface area contributed by atoms with Gasteiger partial charge >= 0.3 is 0 Å². The molecule has 0 bridgehead atoms. The molecule has 114 valence electrons. The van der Waals surface area contributed by atoms with Gasteiger partial charge in [-0.1, -0.05) is 0 Å². The predicted octanol–water partition coefficient (Wildman–Crippen LogP) is 2.75. The fraction of sp³-hybridized carbons (Fsp3) is 0.286. The summed E-state index contributed by atoms with van der Waals surface area (Å²) in [6.45, 7) is 3.85. The van der Waals surface area contributed by atoms with Crippen molar-refractivity contribution in [1.82, 2.24) is 0 Å². The highest BCUT2D eigenvalue weighted by atomic mass is 32.2. The van der Waals surface area contributed by atoms with Gasteiger partial charge in [0.15, 0.2) is 0 Å². The number of aryl methyl sites for hydroxylation is 1. The van der Waals surface area contributed by atoms with Crippen molar-refractivity contribution in [1.29, 1.82) is 0 Å². The number of rotatable bonds is 6. The van der Waals surface area contributed by atoms with Crippen LogP contribution in [0.5, 0.6) is 5.75 Å². The molecule has 7 heteroatoms. The molecule has 1 aromatic heterocycles. The van der Waals surface area contributed by atoms with E-state index in [-0.39, 0.29) is 11.5 Å². The van der Waals surface area contributed by atoms with E-state index in [4.69, 9.17) is 4.74 Å². The molecule has 0 fully saturated rings. The molecule has 5 nitrogen and oxygen atoms in total. The van der Waals surface area contributed by atoms with Crippen molar-refractivity contribution in [2.45, 2.75) is 25.3 Å². The zero-order valence-corrected chi connectivity index (χ0v) is 13.4. The number of hydrogen-bond donors (Lipinski definition) is 2. The topological polar surface area (TPSA) is 75.6 Å². The molecule has 0 aliphatic carbocycles. The highest BCUT2D eigenvalue weighted by Gasteiger charge is 2.22. The molecule has 0 saturated carbocycles. The number of thiophene rings is 1. The number of aliphatic hydroxyl groups excluding tert-OH is 1. The van der Waals surface area contributed by atoms with Crippen LogP contribution in [0.25, 0.3) is 0 Å². The molecular weight excluding hydrogens is 310 g/mol. The first kappa shape index (κ1) is 15.8. The minimum Gasteiger partial charge on any atom is -0.494 e. The van der Waals surface area contributed by atoms with Crippen molar-refractivity contribution in [3.8, 4) is 5.75 Å². The quantitative estimate of drug-likeness (QED) is 0.855. The smallest absolute Gasteiger partial charge is 0.263 e. The van der Waals surface area contributed by atoms with Crippen LogP contribution in [0.3, 0.4) is 0 Å². The summed E-state index contributed by atoms with van der Waals surface area (Å²) in [6.07, 6.45) is 0. The second kappa shape index (κ2) is 6.46. The van der Waals surface area contributed by atoms with Crippen LogP contribution < -0.4 is 9.46 Å². The van der Waals surface area contributed by atoms with Crippen LogP contribution in [0.2, 0.25) is 0 Å². The minimum atomic E-state index is -3.71. The Morgan fingerprint density at radius 2 is 1.95 bits per heavy atom. The highest BCUT2D eigenvalue weighted by Crippen LogP contribution is 2.29. The summed E-state index contributed by atoms with van der Waals surface area (Å²) in [5.41, 5.74) is 1.08. The Bertz CT molecular complexity index is 705. The Morgan fingerprint density at radius 3 is 2.52 bits per heavy atom. The van der Waals surface area contributed by atoms with Crippen molar-refractivity contribution in [3.05, 3.63) is 40.1 Å². The number of nitrogens with one attached hydrogen (secondary N) is 1. The van der Waals surface area contributed by atoms with Crippen molar-refractivity contribution >= 4 is 27.0 Å². The lowest BCUT2D eigenvalue weighted by atomic mass is 10.3. The summed E-state index contributed by atoms with van der Waals surface area (Å²) in [5.74, 6) is 0.684. The van der Waals surface area contributed by atoms with Crippen LogP contribution in [-0.4, -0.2) is 20.1 Å². The number of hydrogen-bond acceptors (Lipinski definition) is 5. The van der Waals surface area contributed by atoms with Crippen molar-refractivity contribution in [2.75, 3.05) is 11.3 Å². The van der Waals surface area contributed by atoms with Gasteiger partial charge in [0.1, 0.15) is 10.6 Å². The van der Waals surface area contributed by atoms with Crippen LogP contribution in [-0.2, 0) is 16.6 Å². The molecule has 21 heavy (non-hydrogen) atoms. The van der Waals surface area contributed by atoms with Crippen molar-refractivity contribution < 1.29 is 18.3 Å². The van der Waals surface area contributed by atoms with E-state index in [0.717, 1.165) is 0 Å². The Morgan fingerprint density at radius 1 is 1.29 bits per heavy atom. The number of ether oxygens (including phenoxy) is 1. The van der Waals surface area contributed by atoms with Crippen molar-refractivity contribution in [3.63, 3.8) is 0 Å². The second-order valence-electron chi connectivity index (χ2n) is 4.39. The zero-order valence-electron chi connectivity index (χ0n) is 11.8. The van der Waals surface area contributed by atoms with Gasteiger partial charge in [0.2, 0.25) is 0 Å². The molecule has 0 atom stereocenters. The van der Waals surface area contributed by atoms with Crippen LogP contribution in [0.4, 0.5) is 5.69 Å². The molecular formula is C14H17NO4S2. The van der Waals surface area contributed by atoms with E-state index in [9.17, 15) is 13.5 Å². The zero-order chi connectivity index (χ0) is 15.5. The average Bonchev–Trinajstić information content (AvgIpc) is 2.83. The summed E-state index contributed by atoms with van der Waals surface area (Å²) in [6, 6.07) is 6.69. The van der Waals surface area contributed by atoms with E-state index in [1.807, 2.05) is 6.92 Å². The number of benzene rings is 1. The predicted molar refractivity (Wildman–Crippen MR) is 83.4 cm³/mol. The lowest BCUT2D eigenvalue weighted by molar-refractivity contribution is 0.282. The van der Waals surface area contributed by atoms with Gasteiger partial charge in [-0.2, -0.15) is 0 Å².